The third-order valence-electron chi connectivity index (χ3n) is 8.22. The van der Waals surface area contributed by atoms with Crippen LogP contribution in [0.5, 0.6) is 0 Å². The molecular weight excluding hydrogens is 595 g/mol. The van der Waals surface area contributed by atoms with Gasteiger partial charge >= 0.3 is 0 Å². The van der Waals surface area contributed by atoms with Gasteiger partial charge in [0.15, 0.2) is 0 Å². The second-order valence-electron chi connectivity index (χ2n) is 11.9. The van der Waals surface area contributed by atoms with Crippen LogP contribution in [-0.4, -0.2) is 44.3 Å². The molecule has 4 aromatic carbocycles. The molecule has 242 valence electrons. The Balaban J connectivity index is 1.83. The quantitative estimate of drug-likeness (QED) is 0.156. The Labute approximate surface area is 274 Å². The van der Waals surface area contributed by atoms with Gasteiger partial charge in [-0.3, -0.25) is 13.9 Å². The van der Waals surface area contributed by atoms with Gasteiger partial charge in [0.25, 0.3) is 10.0 Å². The minimum Gasteiger partial charge on any atom is -0.354 e. The van der Waals surface area contributed by atoms with E-state index in [0.717, 1.165) is 46.2 Å². The van der Waals surface area contributed by atoms with E-state index < -0.39 is 28.5 Å². The maximum atomic E-state index is 14.7. The van der Waals surface area contributed by atoms with Crippen LogP contribution >= 0.6 is 0 Å². The first-order chi connectivity index (χ1) is 22.0. The van der Waals surface area contributed by atoms with E-state index in [1.807, 2.05) is 94.4 Å². The first-order valence-corrected chi connectivity index (χ1v) is 17.3. The minimum atomic E-state index is -4.16. The predicted octanol–water partition coefficient (Wildman–Crippen LogP) is 6.67. The summed E-state index contributed by atoms with van der Waals surface area (Å²) < 4.78 is 29.8. The number of sulfonamides is 1. The SMILES string of the molecule is CCCCNC(=O)[C@H](Cc1ccccc1)N(Cc1ccccc1C)C(=O)CN(c1cc(C)ccc1C)S(=O)(=O)c1ccc(C)cc1. The molecule has 0 aliphatic heterocycles. The van der Waals surface area contributed by atoms with Crippen LogP contribution in [0, 0.1) is 27.7 Å². The van der Waals surface area contributed by atoms with Crippen LogP contribution in [0.4, 0.5) is 5.69 Å². The van der Waals surface area contributed by atoms with Crippen molar-refractivity contribution in [3.8, 4) is 0 Å². The summed E-state index contributed by atoms with van der Waals surface area (Å²) in [7, 11) is -4.16. The first-order valence-electron chi connectivity index (χ1n) is 15.8. The number of nitrogens with one attached hydrogen (secondary N) is 1. The van der Waals surface area contributed by atoms with Gasteiger partial charge in [-0.05, 0) is 80.1 Å². The molecule has 4 rings (SSSR count). The predicted molar refractivity (Wildman–Crippen MR) is 185 cm³/mol. The standard InChI is InChI=1S/C38H45N3O4S/c1-6-7-23-39-38(43)36(25-32-14-9-8-10-15-32)40(26-33-16-12-11-13-30(33)4)37(42)27-41(35-24-29(3)17-20-31(35)5)46(44,45)34-21-18-28(2)19-22-34/h8-22,24,36H,6-7,23,25-27H2,1-5H3,(H,39,43)/t36-/m0/s1. The number of aryl methyl sites for hydroxylation is 4. The van der Waals surface area contributed by atoms with Gasteiger partial charge in [0.1, 0.15) is 12.6 Å². The fourth-order valence-corrected chi connectivity index (χ4v) is 6.84. The summed E-state index contributed by atoms with van der Waals surface area (Å²) in [5.74, 6) is -0.731. The summed E-state index contributed by atoms with van der Waals surface area (Å²) in [6.07, 6.45) is 2.01. The van der Waals surface area contributed by atoms with Crippen molar-refractivity contribution in [2.75, 3.05) is 17.4 Å². The zero-order valence-electron chi connectivity index (χ0n) is 27.5. The Kier molecular flexibility index (Phi) is 11.8. The Morgan fingerprint density at radius 1 is 0.783 bits per heavy atom. The summed E-state index contributed by atoms with van der Waals surface area (Å²) in [4.78, 5) is 30.2. The molecule has 0 fully saturated rings. The second-order valence-corrected chi connectivity index (χ2v) is 13.8. The van der Waals surface area contributed by atoms with Crippen molar-refractivity contribution in [1.29, 1.82) is 0 Å². The van der Waals surface area contributed by atoms with Gasteiger partial charge in [-0.2, -0.15) is 0 Å². The smallest absolute Gasteiger partial charge is 0.264 e. The molecule has 2 amide bonds. The number of benzene rings is 4. The molecule has 0 aliphatic carbocycles. The van der Waals surface area contributed by atoms with Gasteiger partial charge in [0.05, 0.1) is 10.6 Å². The minimum absolute atomic E-state index is 0.0930. The van der Waals surface area contributed by atoms with E-state index in [-0.39, 0.29) is 23.8 Å². The number of unbranched alkanes of at least 4 members (excludes halogenated alkanes) is 1. The summed E-state index contributed by atoms with van der Waals surface area (Å²) in [6, 6.07) is 28.7. The van der Waals surface area contributed by atoms with Crippen molar-refractivity contribution in [2.45, 2.75) is 71.4 Å². The molecule has 0 aromatic heterocycles. The number of anilines is 1. The summed E-state index contributed by atoms with van der Waals surface area (Å²) in [5.41, 5.74) is 5.70. The number of nitrogens with zero attached hydrogens (tertiary/aromatic N) is 2. The number of hydrogen-bond donors (Lipinski definition) is 1. The molecule has 46 heavy (non-hydrogen) atoms. The Morgan fingerprint density at radius 3 is 2.11 bits per heavy atom. The highest BCUT2D eigenvalue weighted by molar-refractivity contribution is 7.92. The highest BCUT2D eigenvalue weighted by Gasteiger charge is 2.35. The van der Waals surface area contributed by atoms with Gasteiger partial charge < -0.3 is 10.2 Å². The number of carbonyl (C=O) groups is 2. The molecule has 0 saturated heterocycles. The van der Waals surface area contributed by atoms with E-state index in [1.165, 1.54) is 4.31 Å². The van der Waals surface area contributed by atoms with Crippen molar-refractivity contribution >= 4 is 27.5 Å². The molecule has 0 unspecified atom stereocenters. The number of amides is 2. The fraction of sp³-hybridized carbons (Fsp3) is 0.316. The van der Waals surface area contributed by atoms with Crippen LogP contribution in [0.1, 0.15) is 53.1 Å². The average Bonchev–Trinajstić information content (AvgIpc) is 3.04. The Morgan fingerprint density at radius 2 is 1.43 bits per heavy atom. The van der Waals surface area contributed by atoms with Crippen LogP contribution < -0.4 is 9.62 Å². The Bertz CT molecular complexity index is 1740. The molecular formula is C38H45N3O4S. The maximum Gasteiger partial charge on any atom is 0.264 e. The molecule has 1 N–H and O–H groups in total. The lowest BCUT2D eigenvalue weighted by molar-refractivity contribution is -0.140. The van der Waals surface area contributed by atoms with Crippen molar-refractivity contribution in [2.24, 2.45) is 0 Å². The van der Waals surface area contributed by atoms with Crippen LogP contribution in [0.3, 0.4) is 0 Å². The van der Waals surface area contributed by atoms with Crippen LogP contribution in [0.25, 0.3) is 0 Å². The number of carbonyl (C=O) groups excluding carboxylic acids is 2. The lowest BCUT2D eigenvalue weighted by atomic mass is 10.0. The fourth-order valence-electron chi connectivity index (χ4n) is 5.37. The zero-order chi connectivity index (χ0) is 33.3. The van der Waals surface area contributed by atoms with E-state index >= 15 is 0 Å². The van der Waals surface area contributed by atoms with Crippen molar-refractivity contribution in [3.05, 3.63) is 130 Å². The van der Waals surface area contributed by atoms with Gasteiger partial charge in [-0.15, -0.1) is 0 Å². The molecule has 0 heterocycles. The third kappa shape index (κ3) is 8.63. The van der Waals surface area contributed by atoms with Crippen molar-refractivity contribution < 1.29 is 18.0 Å². The van der Waals surface area contributed by atoms with Crippen molar-refractivity contribution in [1.82, 2.24) is 10.2 Å². The van der Waals surface area contributed by atoms with Crippen LogP contribution in [0.15, 0.2) is 102 Å². The molecule has 0 saturated carbocycles. The van der Waals surface area contributed by atoms with Gasteiger partial charge in [0, 0.05) is 19.5 Å². The first kappa shape index (κ1) is 34.4. The van der Waals surface area contributed by atoms with E-state index in [9.17, 15) is 18.0 Å². The van der Waals surface area contributed by atoms with E-state index in [1.54, 1.807) is 35.2 Å². The maximum absolute atomic E-state index is 14.7. The molecule has 7 nitrogen and oxygen atoms in total. The van der Waals surface area contributed by atoms with E-state index in [2.05, 4.69) is 12.2 Å². The van der Waals surface area contributed by atoms with E-state index in [0.29, 0.717) is 12.2 Å². The normalized spacial score (nSPS) is 11.9. The lowest BCUT2D eigenvalue weighted by Gasteiger charge is -2.34. The summed E-state index contributed by atoms with van der Waals surface area (Å²) in [6.45, 7) is 9.81. The molecule has 1 atom stereocenters. The summed E-state index contributed by atoms with van der Waals surface area (Å²) >= 11 is 0. The number of hydrogen-bond acceptors (Lipinski definition) is 4. The molecule has 4 aromatic rings. The number of rotatable bonds is 14. The largest absolute Gasteiger partial charge is 0.354 e. The second kappa shape index (κ2) is 15.7. The van der Waals surface area contributed by atoms with E-state index in [4.69, 9.17) is 0 Å². The average molecular weight is 640 g/mol. The third-order valence-corrected chi connectivity index (χ3v) is 10.00. The van der Waals surface area contributed by atoms with Crippen LogP contribution in [-0.2, 0) is 32.6 Å². The molecule has 0 spiro atoms. The Hall–Kier alpha value is -4.43. The van der Waals surface area contributed by atoms with Gasteiger partial charge in [0.2, 0.25) is 11.8 Å². The van der Waals surface area contributed by atoms with Crippen LogP contribution in [0.2, 0.25) is 0 Å². The highest BCUT2D eigenvalue weighted by atomic mass is 32.2. The lowest BCUT2D eigenvalue weighted by Crippen LogP contribution is -2.53. The molecule has 0 radical (unpaired) electrons. The van der Waals surface area contributed by atoms with Crippen molar-refractivity contribution in [3.63, 3.8) is 0 Å². The van der Waals surface area contributed by atoms with Gasteiger partial charge in [-0.1, -0.05) is 97.8 Å². The molecule has 8 heteroatoms. The highest BCUT2D eigenvalue weighted by Crippen LogP contribution is 2.29. The topological polar surface area (TPSA) is 86.8 Å². The molecule has 0 bridgehead atoms. The zero-order valence-corrected chi connectivity index (χ0v) is 28.3. The monoisotopic (exact) mass is 639 g/mol. The summed E-state index contributed by atoms with van der Waals surface area (Å²) in [5, 5.41) is 3.04. The van der Waals surface area contributed by atoms with Gasteiger partial charge in [-0.25, -0.2) is 8.42 Å². The molecule has 0 aliphatic rings.